The van der Waals surface area contributed by atoms with E-state index in [0.29, 0.717) is 5.56 Å². The van der Waals surface area contributed by atoms with E-state index in [2.05, 4.69) is 4.74 Å². The highest BCUT2D eigenvalue weighted by atomic mass is 19.2. The van der Waals surface area contributed by atoms with Crippen LogP contribution in [0.1, 0.15) is 25.3 Å². The Hall–Kier alpha value is -1.78. The van der Waals surface area contributed by atoms with Crippen LogP contribution < -0.4 is 0 Å². The zero-order valence-corrected chi connectivity index (χ0v) is 10.4. The van der Waals surface area contributed by atoms with Crippen molar-refractivity contribution in [3.8, 4) is 0 Å². The molecule has 0 spiro atoms. The number of halogens is 2. The molecule has 1 rings (SSSR count). The average molecular weight is 256 g/mol. The molecule has 1 aromatic rings. The zero-order valence-electron chi connectivity index (χ0n) is 10.4. The van der Waals surface area contributed by atoms with Crippen LogP contribution in [0.2, 0.25) is 0 Å². The van der Waals surface area contributed by atoms with Gasteiger partial charge in [-0.1, -0.05) is 13.0 Å². The maximum atomic E-state index is 13.1. The fraction of sp³-hybridized carbons (Fsp3) is 0.385. The number of methoxy groups -OCH3 is 1. The molecule has 1 aromatic carbocycles. The summed E-state index contributed by atoms with van der Waals surface area (Å²) in [6.07, 6.45) is 0. The Balaban J connectivity index is 3.09. The van der Waals surface area contributed by atoms with E-state index in [-0.39, 0.29) is 5.78 Å². The van der Waals surface area contributed by atoms with E-state index in [1.165, 1.54) is 20.1 Å². The minimum absolute atomic E-state index is 0.375. The van der Waals surface area contributed by atoms with Gasteiger partial charge in [-0.25, -0.2) is 8.78 Å². The SMILES string of the molecule is COC(=O)C(C(C)=O)C(C)c1ccc(F)c(F)c1. The van der Waals surface area contributed by atoms with Crippen molar-refractivity contribution >= 4 is 11.8 Å². The molecule has 18 heavy (non-hydrogen) atoms. The number of hydrogen-bond donors (Lipinski definition) is 0. The van der Waals surface area contributed by atoms with Gasteiger partial charge in [0, 0.05) is 5.92 Å². The summed E-state index contributed by atoms with van der Waals surface area (Å²) in [6.45, 7) is 2.85. The highest BCUT2D eigenvalue weighted by molar-refractivity contribution is 5.98. The van der Waals surface area contributed by atoms with E-state index in [9.17, 15) is 18.4 Å². The fourth-order valence-electron chi connectivity index (χ4n) is 1.84. The smallest absolute Gasteiger partial charge is 0.316 e. The van der Waals surface area contributed by atoms with Gasteiger partial charge in [-0.2, -0.15) is 0 Å². The first-order valence-electron chi connectivity index (χ1n) is 5.41. The summed E-state index contributed by atoms with van der Waals surface area (Å²) in [6, 6.07) is 3.30. The normalized spacial score (nSPS) is 13.8. The molecule has 0 fully saturated rings. The second-order valence-corrected chi connectivity index (χ2v) is 4.07. The number of ketones is 1. The number of benzene rings is 1. The van der Waals surface area contributed by atoms with Crippen molar-refractivity contribution in [3.05, 3.63) is 35.4 Å². The highest BCUT2D eigenvalue weighted by Crippen LogP contribution is 2.27. The third kappa shape index (κ3) is 2.91. The molecular formula is C13H14F2O3. The van der Waals surface area contributed by atoms with Gasteiger partial charge in [0.05, 0.1) is 7.11 Å². The molecule has 0 radical (unpaired) electrons. The maximum Gasteiger partial charge on any atom is 0.316 e. The summed E-state index contributed by atoms with van der Waals surface area (Å²) in [7, 11) is 1.18. The van der Waals surface area contributed by atoms with Crippen LogP contribution in [0.4, 0.5) is 8.78 Å². The van der Waals surface area contributed by atoms with Crippen LogP contribution >= 0.6 is 0 Å². The van der Waals surface area contributed by atoms with Gasteiger partial charge in [-0.3, -0.25) is 9.59 Å². The van der Waals surface area contributed by atoms with E-state index in [1.54, 1.807) is 6.92 Å². The number of Topliss-reactive ketones (excluding diaryl/α,β-unsaturated/α-hetero) is 1. The molecular weight excluding hydrogens is 242 g/mol. The van der Waals surface area contributed by atoms with Gasteiger partial charge in [0.2, 0.25) is 0 Å². The lowest BCUT2D eigenvalue weighted by Gasteiger charge is -2.19. The van der Waals surface area contributed by atoms with E-state index in [0.717, 1.165) is 12.1 Å². The summed E-state index contributed by atoms with van der Waals surface area (Å²) in [4.78, 5) is 23.0. The quantitative estimate of drug-likeness (QED) is 0.614. The minimum atomic E-state index is -1.01. The lowest BCUT2D eigenvalue weighted by atomic mass is 9.85. The van der Waals surface area contributed by atoms with Crippen LogP contribution in [0, 0.1) is 17.6 Å². The number of esters is 1. The van der Waals surface area contributed by atoms with Crippen molar-refractivity contribution in [2.24, 2.45) is 5.92 Å². The molecule has 98 valence electrons. The van der Waals surface area contributed by atoms with Gasteiger partial charge in [0.25, 0.3) is 0 Å². The Labute approximate surface area is 104 Å². The average Bonchev–Trinajstić information content (AvgIpc) is 2.32. The zero-order chi connectivity index (χ0) is 13.9. The van der Waals surface area contributed by atoms with Crippen molar-refractivity contribution in [2.45, 2.75) is 19.8 Å². The Morgan fingerprint density at radius 1 is 1.22 bits per heavy atom. The van der Waals surface area contributed by atoms with Gasteiger partial charge < -0.3 is 4.74 Å². The van der Waals surface area contributed by atoms with Crippen molar-refractivity contribution in [1.82, 2.24) is 0 Å². The number of ether oxygens (including phenoxy) is 1. The van der Waals surface area contributed by atoms with Gasteiger partial charge in [-0.05, 0) is 24.6 Å². The van der Waals surface area contributed by atoms with Crippen molar-refractivity contribution < 1.29 is 23.1 Å². The Kier molecular flexibility index (Phi) is 4.53. The molecule has 0 aromatic heterocycles. The fourth-order valence-corrected chi connectivity index (χ4v) is 1.84. The second-order valence-electron chi connectivity index (χ2n) is 4.07. The molecule has 0 bridgehead atoms. The van der Waals surface area contributed by atoms with Crippen LogP contribution in [0.25, 0.3) is 0 Å². The Morgan fingerprint density at radius 3 is 2.28 bits per heavy atom. The number of hydrogen-bond acceptors (Lipinski definition) is 3. The molecule has 5 heteroatoms. The van der Waals surface area contributed by atoms with E-state index in [1.807, 2.05) is 0 Å². The largest absolute Gasteiger partial charge is 0.468 e. The van der Waals surface area contributed by atoms with Gasteiger partial charge in [0.15, 0.2) is 11.6 Å². The summed E-state index contributed by atoms with van der Waals surface area (Å²) in [5.74, 6) is -4.63. The molecule has 0 aliphatic heterocycles. The lowest BCUT2D eigenvalue weighted by molar-refractivity contribution is -0.149. The predicted octanol–water partition coefficient (Wildman–Crippen LogP) is 2.45. The van der Waals surface area contributed by atoms with Crippen molar-refractivity contribution in [2.75, 3.05) is 7.11 Å². The maximum absolute atomic E-state index is 13.1. The predicted molar refractivity (Wildman–Crippen MR) is 61.0 cm³/mol. The van der Waals surface area contributed by atoms with Crippen molar-refractivity contribution in [1.29, 1.82) is 0 Å². The Bertz CT molecular complexity index is 471. The van der Waals surface area contributed by atoms with Crippen LogP contribution in [-0.4, -0.2) is 18.9 Å². The molecule has 3 nitrogen and oxygen atoms in total. The molecule has 0 aliphatic carbocycles. The monoisotopic (exact) mass is 256 g/mol. The topological polar surface area (TPSA) is 43.4 Å². The highest BCUT2D eigenvalue weighted by Gasteiger charge is 2.31. The van der Waals surface area contributed by atoms with Crippen LogP contribution in [0.15, 0.2) is 18.2 Å². The third-order valence-corrected chi connectivity index (χ3v) is 2.86. The molecule has 2 atom stereocenters. The summed E-state index contributed by atoms with van der Waals surface area (Å²) in [5.41, 5.74) is 0.375. The molecule has 0 saturated heterocycles. The first kappa shape index (κ1) is 14.3. The molecule has 0 amide bonds. The molecule has 0 aliphatic rings. The number of rotatable bonds is 4. The molecule has 2 unspecified atom stereocenters. The first-order chi connectivity index (χ1) is 8.38. The minimum Gasteiger partial charge on any atom is -0.468 e. The second kappa shape index (κ2) is 5.71. The van der Waals surface area contributed by atoms with E-state index >= 15 is 0 Å². The van der Waals surface area contributed by atoms with Crippen molar-refractivity contribution in [3.63, 3.8) is 0 Å². The van der Waals surface area contributed by atoms with Gasteiger partial charge in [0.1, 0.15) is 11.7 Å². The first-order valence-corrected chi connectivity index (χ1v) is 5.41. The summed E-state index contributed by atoms with van der Waals surface area (Å²) < 4.78 is 30.5. The van der Waals surface area contributed by atoms with Crippen LogP contribution in [0.5, 0.6) is 0 Å². The third-order valence-electron chi connectivity index (χ3n) is 2.86. The Morgan fingerprint density at radius 2 is 1.83 bits per heavy atom. The summed E-state index contributed by atoms with van der Waals surface area (Å²) in [5, 5.41) is 0. The molecule has 0 heterocycles. The molecule has 0 N–H and O–H groups in total. The van der Waals surface area contributed by atoms with E-state index < -0.39 is 29.4 Å². The standard InChI is InChI=1S/C13H14F2O3/c1-7(12(8(2)16)13(17)18-3)9-4-5-10(14)11(15)6-9/h4-7,12H,1-3H3. The summed E-state index contributed by atoms with van der Waals surface area (Å²) >= 11 is 0. The van der Waals surface area contributed by atoms with Gasteiger partial charge in [-0.15, -0.1) is 0 Å². The number of carbonyl (C=O) groups excluding carboxylic acids is 2. The van der Waals surface area contributed by atoms with Gasteiger partial charge >= 0.3 is 5.97 Å². The van der Waals surface area contributed by atoms with Crippen LogP contribution in [-0.2, 0) is 14.3 Å². The van der Waals surface area contributed by atoms with Crippen LogP contribution in [0.3, 0.4) is 0 Å². The number of carbonyl (C=O) groups is 2. The lowest BCUT2D eigenvalue weighted by Crippen LogP contribution is -2.28. The molecule has 0 saturated carbocycles. The van der Waals surface area contributed by atoms with E-state index in [4.69, 9.17) is 0 Å².